The van der Waals surface area contributed by atoms with Crippen molar-refractivity contribution in [3.8, 4) is 0 Å². The van der Waals surface area contributed by atoms with Crippen molar-refractivity contribution >= 4 is 27.5 Å². The lowest BCUT2D eigenvalue weighted by atomic mass is 10.0. The molecule has 2 rings (SSSR count). The molecule has 7 heteroatoms. The van der Waals surface area contributed by atoms with Crippen molar-refractivity contribution in [1.82, 2.24) is 14.7 Å². The molecular weight excluding hydrogens is 338 g/mol. The molecule has 0 saturated heterocycles. The zero-order valence-corrected chi connectivity index (χ0v) is 13.3. The summed E-state index contributed by atoms with van der Waals surface area (Å²) < 4.78 is 2.22. The summed E-state index contributed by atoms with van der Waals surface area (Å²) in [6.07, 6.45) is 1.65. The molecule has 0 spiro atoms. The van der Waals surface area contributed by atoms with Crippen LogP contribution in [0.4, 0.5) is 0 Å². The van der Waals surface area contributed by atoms with Crippen molar-refractivity contribution in [1.29, 1.82) is 0 Å². The topological polar surface area (TPSA) is 83.7 Å². The molecule has 0 saturated carbocycles. The molecule has 0 aromatic carbocycles. The van der Waals surface area contributed by atoms with Gasteiger partial charge in [0.05, 0.1) is 5.69 Å². The maximum Gasteiger partial charge on any atom is 0.320 e. The summed E-state index contributed by atoms with van der Waals surface area (Å²) in [6.45, 7) is 3.88. The smallest absolute Gasteiger partial charge is 0.320 e. The van der Waals surface area contributed by atoms with Gasteiger partial charge in [0, 0.05) is 23.3 Å². The highest BCUT2D eigenvalue weighted by atomic mass is 79.9. The monoisotopic (exact) mass is 353 g/mol. The predicted octanol–water partition coefficient (Wildman–Crippen LogP) is 1.66. The molecule has 2 aromatic rings. The number of carboxylic acid groups (broad SMARTS) is 1. The van der Waals surface area contributed by atoms with Crippen LogP contribution in [0.15, 0.2) is 33.7 Å². The third-order valence-electron chi connectivity index (χ3n) is 3.11. The van der Waals surface area contributed by atoms with E-state index in [2.05, 4.69) is 26.2 Å². The molecule has 0 aliphatic heterocycles. The lowest BCUT2D eigenvalue weighted by Crippen LogP contribution is -2.40. The molecule has 112 valence electrons. The number of aromatic nitrogens is 2. The van der Waals surface area contributed by atoms with Gasteiger partial charge >= 0.3 is 5.97 Å². The van der Waals surface area contributed by atoms with Crippen LogP contribution in [0.2, 0.25) is 0 Å². The maximum atomic E-state index is 12.0. The van der Waals surface area contributed by atoms with E-state index in [1.165, 1.54) is 10.5 Å². The second-order valence-electron chi connectivity index (χ2n) is 5.10. The molecule has 0 amide bonds. The first-order valence-corrected chi connectivity index (χ1v) is 7.32. The van der Waals surface area contributed by atoms with Crippen molar-refractivity contribution in [3.05, 3.63) is 44.9 Å². The minimum Gasteiger partial charge on any atom is -0.480 e. The van der Waals surface area contributed by atoms with E-state index in [0.717, 1.165) is 4.47 Å². The van der Waals surface area contributed by atoms with Crippen molar-refractivity contribution in [2.75, 3.05) is 0 Å². The van der Waals surface area contributed by atoms with Crippen LogP contribution < -0.4 is 10.9 Å². The van der Waals surface area contributed by atoms with Gasteiger partial charge in [-0.2, -0.15) is 0 Å². The molecule has 6 nitrogen and oxygen atoms in total. The highest BCUT2D eigenvalue weighted by Crippen LogP contribution is 2.10. The molecule has 21 heavy (non-hydrogen) atoms. The molecule has 0 radical (unpaired) electrons. The fourth-order valence-corrected chi connectivity index (χ4v) is 2.38. The number of pyridine rings is 1. The summed E-state index contributed by atoms with van der Waals surface area (Å²) in [5.41, 5.74) is 0.850. The fourth-order valence-electron chi connectivity index (χ4n) is 2.04. The minimum absolute atomic E-state index is 0.0555. The molecule has 0 bridgehead atoms. The predicted molar refractivity (Wildman–Crippen MR) is 82.3 cm³/mol. The molecule has 2 N–H and O–H groups in total. The number of rotatable bonds is 5. The van der Waals surface area contributed by atoms with Gasteiger partial charge in [0.2, 0.25) is 0 Å². The normalized spacial score (nSPS) is 12.8. The van der Waals surface area contributed by atoms with E-state index < -0.39 is 12.0 Å². The second-order valence-corrected chi connectivity index (χ2v) is 6.02. The Labute approximate surface area is 130 Å². The molecule has 1 unspecified atom stereocenters. The SMILES string of the molecule is CC(C)C(NCc1cc(=O)n2cc(Br)ccc2n1)C(=O)O. The van der Waals surface area contributed by atoms with E-state index >= 15 is 0 Å². The number of nitrogens with one attached hydrogen (secondary N) is 1. The van der Waals surface area contributed by atoms with Gasteiger partial charge in [-0.25, -0.2) is 4.98 Å². The number of hydrogen-bond donors (Lipinski definition) is 2. The van der Waals surface area contributed by atoms with Crippen LogP contribution >= 0.6 is 15.9 Å². The average Bonchev–Trinajstić information content (AvgIpc) is 2.39. The zero-order chi connectivity index (χ0) is 15.6. The Morgan fingerprint density at radius 1 is 1.48 bits per heavy atom. The summed E-state index contributed by atoms with van der Waals surface area (Å²) in [4.78, 5) is 27.5. The minimum atomic E-state index is -0.911. The van der Waals surface area contributed by atoms with Crippen molar-refractivity contribution < 1.29 is 9.90 Å². The zero-order valence-electron chi connectivity index (χ0n) is 11.7. The average molecular weight is 354 g/mol. The summed E-state index contributed by atoms with van der Waals surface area (Å²) in [5, 5.41) is 12.0. The maximum absolute atomic E-state index is 12.0. The van der Waals surface area contributed by atoms with Crippen LogP contribution in [0.1, 0.15) is 19.5 Å². The van der Waals surface area contributed by atoms with E-state index in [1.54, 1.807) is 18.3 Å². The largest absolute Gasteiger partial charge is 0.480 e. The van der Waals surface area contributed by atoms with E-state index in [9.17, 15) is 9.59 Å². The molecule has 0 fully saturated rings. The Balaban J connectivity index is 2.25. The van der Waals surface area contributed by atoms with Crippen LogP contribution in [-0.2, 0) is 11.3 Å². The Bertz CT molecular complexity index is 727. The first-order valence-electron chi connectivity index (χ1n) is 6.52. The number of hydrogen-bond acceptors (Lipinski definition) is 4. The molecule has 0 aliphatic rings. The van der Waals surface area contributed by atoms with Crippen molar-refractivity contribution in [2.24, 2.45) is 5.92 Å². The summed E-state index contributed by atoms with van der Waals surface area (Å²) in [6, 6.07) is 4.26. The Morgan fingerprint density at radius 3 is 2.81 bits per heavy atom. The van der Waals surface area contributed by atoms with Gasteiger partial charge in [-0.3, -0.25) is 19.3 Å². The summed E-state index contributed by atoms with van der Waals surface area (Å²) in [5.74, 6) is -0.966. The van der Waals surface area contributed by atoms with Crippen LogP contribution in [0.5, 0.6) is 0 Å². The van der Waals surface area contributed by atoms with Crippen LogP contribution in [-0.4, -0.2) is 26.5 Å². The standard InChI is InChI=1S/C14H16BrN3O3/c1-8(2)13(14(20)21)16-6-10-5-12(19)18-7-9(15)3-4-11(18)17-10/h3-5,7-8,13,16H,6H2,1-2H3,(H,20,21). The number of halogens is 1. The first kappa shape index (κ1) is 15.7. The quantitative estimate of drug-likeness (QED) is 0.853. The summed E-state index contributed by atoms with van der Waals surface area (Å²) in [7, 11) is 0. The van der Waals surface area contributed by atoms with Gasteiger partial charge < -0.3 is 5.11 Å². The number of carbonyl (C=O) groups is 1. The van der Waals surface area contributed by atoms with Gasteiger partial charge in [-0.15, -0.1) is 0 Å². The van der Waals surface area contributed by atoms with Crippen LogP contribution in [0.3, 0.4) is 0 Å². The third-order valence-corrected chi connectivity index (χ3v) is 3.58. The van der Waals surface area contributed by atoms with Crippen LogP contribution in [0.25, 0.3) is 5.65 Å². The van der Waals surface area contributed by atoms with Crippen molar-refractivity contribution in [2.45, 2.75) is 26.4 Å². The molecule has 0 aliphatic carbocycles. The van der Waals surface area contributed by atoms with Gasteiger partial charge in [0.15, 0.2) is 0 Å². The second kappa shape index (κ2) is 6.36. The molecule has 2 aromatic heterocycles. The van der Waals surface area contributed by atoms with E-state index in [-0.39, 0.29) is 18.0 Å². The highest BCUT2D eigenvalue weighted by molar-refractivity contribution is 9.10. The fraction of sp³-hybridized carbons (Fsp3) is 0.357. The Morgan fingerprint density at radius 2 is 2.19 bits per heavy atom. The van der Waals surface area contributed by atoms with E-state index in [4.69, 9.17) is 5.11 Å². The molecule has 1 atom stereocenters. The van der Waals surface area contributed by atoms with Gasteiger partial charge in [-0.1, -0.05) is 13.8 Å². The van der Waals surface area contributed by atoms with E-state index in [0.29, 0.717) is 11.3 Å². The number of fused-ring (bicyclic) bond motifs is 1. The lowest BCUT2D eigenvalue weighted by Gasteiger charge is -2.17. The highest BCUT2D eigenvalue weighted by Gasteiger charge is 2.20. The van der Waals surface area contributed by atoms with Crippen LogP contribution in [0, 0.1) is 5.92 Å². The van der Waals surface area contributed by atoms with E-state index in [1.807, 2.05) is 13.8 Å². The molecule has 2 heterocycles. The number of aliphatic carboxylic acids is 1. The van der Waals surface area contributed by atoms with Gasteiger partial charge in [0.25, 0.3) is 5.56 Å². The Kier molecular flexibility index (Phi) is 4.74. The number of nitrogens with zero attached hydrogens (tertiary/aromatic N) is 2. The first-order chi connectivity index (χ1) is 9.88. The third kappa shape index (κ3) is 3.68. The summed E-state index contributed by atoms with van der Waals surface area (Å²) >= 11 is 3.30. The lowest BCUT2D eigenvalue weighted by molar-refractivity contribution is -0.140. The van der Waals surface area contributed by atoms with Gasteiger partial charge in [-0.05, 0) is 34.0 Å². The van der Waals surface area contributed by atoms with Crippen molar-refractivity contribution in [3.63, 3.8) is 0 Å². The molecular formula is C14H16BrN3O3. The van der Waals surface area contributed by atoms with Gasteiger partial charge in [0.1, 0.15) is 11.7 Å². The number of carboxylic acids is 1. The Hall–Kier alpha value is -1.73.